The number of aromatic nitrogens is 1. The molecule has 1 N–H and O–H groups in total. The van der Waals surface area contributed by atoms with E-state index in [2.05, 4.69) is 10.3 Å². The molecule has 0 fully saturated rings. The van der Waals surface area contributed by atoms with Crippen molar-refractivity contribution < 1.29 is 17.9 Å². The minimum absolute atomic E-state index is 0.195. The van der Waals surface area contributed by atoms with E-state index in [0.29, 0.717) is 11.6 Å². The summed E-state index contributed by atoms with van der Waals surface area (Å²) >= 11 is 0. The summed E-state index contributed by atoms with van der Waals surface area (Å²) in [6.45, 7) is 1.68. The number of methoxy groups -OCH3 is 1. The average molecular weight is 296 g/mol. The molecule has 0 aliphatic heterocycles. The number of pyridine rings is 1. The van der Waals surface area contributed by atoms with Crippen molar-refractivity contribution >= 4 is 5.69 Å². The van der Waals surface area contributed by atoms with Gasteiger partial charge in [0.05, 0.1) is 24.6 Å². The van der Waals surface area contributed by atoms with E-state index in [-0.39, 0.29) is 5.56 Å². The second-order valence-corrected chi connectivity index (χ2v) is 4.54. The minimum Gasteiger partial charge on any atom is -0.481 e. The van der Waals surface area contributed by atoms with Gasteiger partial charge in [-0.2, -0.15) is 13.2 Å². The van der Waals surface area contributed by atoms with E-state index >= 15 is 0 Å². The Hall–Kier alpha value is -2.24. The molecule has 2 rings (SSSR count). The molecule has 112 valence electrons. The highest BCUT2D eigenvalue weighted by Gasteiger charge is 2.34. The van der Waals surface area contributed by atoms with Crippen LogP contribution in [0.4, 0.5) is 18.9 Å². The molecule has 0 saturated carbocycles. The van der Waals surface area contributed by atoms with Crippen molar-refractivity contribution in [1.29, 1.82) is 0 Å². The highest BCUT2D eigenvalue weighted by atomic mass is 19.4. The number of hydrogen-bond donors (Lipinski definition) is 1. The number of halogens is 3. The maximum Gasteiger partial charge on any atom is 0.416 e. The van der Waals surface area contributed by atoms with Crippen LogP contribution in [0.15, 0.2) is 42.6 Å². The fourth-order valence-corrected chi connectivity index (χ4v) is 2.05. The molecule has 1 heterocycles. The Morgan fingerprint density at radius 2 is 1.86 bits per heavy atom. The van der Waals surface area contributed by atoms with Crippen LogP contribution in [0.25, 0.3) is 0 Å². The molecule has 0 aliphatic rings. The molecular formula is C15H15F3N2O. The first-order chi connectivity index (χ1) is 9.91. The Bertz CT molecular complexity index is 597. The summed E-state index contributed by atoms with van der Waals surface area (Å²) in [6.07, 6.45) is -2.85. The van der Waals surface area contributed by atoms with Crippen molar-refractivity contribution in [2.75, 3.05) is 12.4 Å². The first-order valence-corrected chi connectivity index (χ1v) is 6.34. The summed E-state index contributed by atoms with van der Waals surface area (Å²) in [5.41, 5.74) is 0.188. The summed E-state index contributed by atoms with van der Waals surface area (Å²) in [6, 6.07) is 8.38. The normalized spacial score (nSPS) is 12.8. The van der Waals surface area contributed by atoms with Gasteiger partial charge < -0.3 is 10.1 Å². The predicted molar refractivity (Wildman–Crippen MR) is 74.3 cm³/mol. The van der Waals surface area contributed by atoms with E-state index in [4.69, 9.17) is 4.74 Å². The Morgan fingerprint density at radius 3 is 2.43 bits per heavy atom. The zero-order valence-corrected chi connectivity index (χ0v) is 11.6. The monoisotopic (exact) mass is 296 g/mol. The molecule has 0 bridgehead atoms. The van der Waals surface area contributed by atoms with Crippen LogP contribution in [0.2, 0.25) is 0 Å². The van der Waals surface area contributed by atoms with Crippen LogP contribution in [-0.4, -0.2) is 12.1 Å². The predicted octanol–water partition coefficient (Wildman–Crippen LogP) is 4.28. The molecule has 0 aliphatic carbocycles. The topological polar surface area (TPSA) is 34.1 Å². The number of anilines is 1. The molecule has 6 heteroatoms. The Balaban J connectivity index is 2.22. The molecule has 0 spiro atoms. The van der Waals surface area contributed by atoms with Crippen LogP contribution in [0.1, 0.15) is 24.1 Å². The van der Waals surface area contributed by atoms with Gasteiger partial charge in [0.25, 0.3) is 0 Å². The lowest BCUT2D eigenvalue weighted by Gasteiger charge is -2.20. The Morgan fingerprint density at radius 1 is 1.14 bits per heavy atom. The third-order valence-corrected chi connectivity index (χ3v) is 3.06. The van der Waals surface area contributed by atoms with Gasteiger partial charge in [-0.15, -0.1) is 0 Å². The van der Waals surface area contributed by atoms with E-state index in [1.54, 1.807) is 25.1 Å². The van der Waals surface area contributed by atoms with Gasteiger partial charge in [-0.25, -0.2) is 4.98 Å². The summed E-state index contributed by atoms with van der Waals surface area (Å²) in [5.74, 6) is 0.448. The number of ether oxygens (including phenoxy) is 1. The molecule has 3 nitrogen and oxygen atoms in total. The standard InChI is InChI=1S/C15H15F3N2O/c1-10(20-11-7-8-14(21-2)19-9-11)12-5-3-4-6-13(12)15(16,17)18/h3-10,20H,1-2H3. The highest BCUT2D eigenvalue weighted by Crippen LogP contribution is 2.35. The number of alkyl halides is 3. The quantitative estimate of drug-likeness (QED) is 0.914. The fourth-order valence-electron chi connectivity index (χ4n) is 2.05. The molecule has 1 aromatic carbocycles. The third-order valence-electron chi connectivity index (χ3n) is 3.06. The SMILES string of the molecule is COc1ccc(NC(C)c2ccccc2C(F)(F)F)cn1. The summed E-state index contributed by atoms with van der Waals surface area (Å²) < 4.78 is 43.9. The lowest BCUT2D eigenvalue weighted by atomic mass is 10.0. The Kier molecular flexibility index (Phi) is 4.35. The first-order valence-electron chi connectivity index (χ1n) is 6.34. The van der Waals surface area contributed by atoms with E-state index < -0.39 is 17.8 Å². The van der Waals surface area contributed by atoms with Crippen molar-refractivity contribution in [1.82, 2.24) is 4.98 Å². The van der Waals surface area contributed by atoms with Crippen molar-refractivity contribution in [3.05, 3.63) is 53.7 Å². The second-order valence-electron chi connectivity index (χ2n) is 4.54. The van der Waals surface area contributed by atoms with Gasteiger partial charge in [0.15, 0.2) is 0 Å². The first kappa shape index (κ1) is 15.2. The average Bonchev–Trinajstić information content (AvgIpc) is 2.47. The smallest absolute Gasteiger partial charge is 0.416 e. The summed E-state index contributed by atoms with van der Waals surface area (Å²) in [4.78, 5) is 4.01. The molecule has 1 unspecified atom stereocenters. The fraction of sp³-hybridized carbons (Fsp3) is 0.267. The van der Waals surface area contributed by atoms with Crippen molar-refractivity contribution in [2.24, 2.45) is 0 Å². The van der Waals surface area contributed by atoms with Gasteiger partial charge in [-0.05, 0) is 24.6 Å². The van der Waals surface area contributed by atoms with Crippen molar-refractivity contribution in [3.8, 4) is 5.88 Å². The van der Waals surface area contributed by atoms with Gasteiger partial charge in [-0.3, -0.25) is 0 Å². The summed E-state index contributed by atoms with van der Waals surface area (Å²) in [7, 11) is 1.50. The number of nitrogens with one attached hydrogen (secondary N) is 1. The molecule has 0 amide bonds. The number of rotatable bonds is 4. The van der Waals surface area contributed by atoms with E-state index in [9.17, 15) is 13.2 Å². The molecule has 1 atom stereocenters. The zero-order valence-electron chi connectivity index (χ0n) is 11.6. The molecule has 2 aromatic rings. The molecule has 1 aromatic heterocycles. The number of nitrogens with zero attached hydrogens (tertiary/aromatic N) is 1. The maximum absolute atomic E-state index is 13.0. The van der Waals surface area contributed by atoms with Crippen LogP contribution in [-0.2, 0) is 6.18 Å². The molecular weight excluding hydrogens is 281 g/mol. The van der Waals surface area contributed by atoms with Gasteiger partial charge in [0.2, 0.25) is 5.88 Å². The van der Waals surface area contributed by atoms with Crippen LogP contribution in [0.5, 0.6) is 5.88 Å². The van der Waals surface area contributed by atoms with E-state index in [0.717, 1.165) is 6.07 Å². The maximum atomic E-state index is 13.0. The molecule has 0 saturated heterocycles. The van der Waals surface area contributed by atoms with Gasteiger partial charge in [0, 0.05) is 12.1 Å². The second kappa shape index (κ2) is 6.03. The van der Waals surface area contributed by atoms with Crippen molar-refractivity contribution in [2.45, 2.75) is 19.1 Å². The Labute approximate surface area is 120 Å². The van der Waals surface area contributed by atoms with Crippen LogP contribution >= 0.6 is 0 Å². The largest absolute Gasteiger partial charge is 0.481 e. The van der Waals surface area contributed by atoms with Gasteiger partial charge in [0.1, 0.15) is 0 Å². The van der Waals surface area contributed by atoms with Crippen LogP contribution < -0.4 is 10.1 Å². The van der Waals surface area contributed by atoms with Crippen molar-refractivity contribution in [3.63, 3.8) is 0 Å². The van der Waals surface area contributed by atoms with E-state index in [1.165, 1.54) is 25.4 Å². The zero-order chi connectivity index (χ0) is 15.5. The van der Waals surface area contributed by atoms with Crippen LogP contribution in [0.3, 0.4) is 0 Å². The molecule has 21 heavy (non-hydrogen) atoms. The van der Waals surface area contributed by atoms with Gasteiger partial charge in [-0.1, -0.05) is 18.2 Å². The molecule has 0 radical (unpaired) electrons. The lowest BCUT2D eigenvalue weighted by Crippen LogP contribution is -2.15. The van der Waals surface area contributed by atoms with Gasteiger partial charge >= 0.3 is 6.18 Å². The number of benzene rings is 1. The number of hydrogen-bond acceptors (Lipinski definition) is 3. The summed E-state index contributed by atoms with van der Waals surface area (Å²) in [5, 5.41) is 3.00. The van der Waals surface area contributed by atoms with Crippen LogP contribution in [0, 0.1) is 0 Å². The van der Waals surface area contributed by atoms with E-state index in [1.807, 2.05) is 0 Å². The minimum atomic E-state index is -4.37. The lowest BCUT2D eigenvalue weighted by molar-refractivity contribution is -0.138. The third kappa shape index (κ3) is 3.65. The highest BCUT2D eigenvalue weighted by molar-refractivity contribution is 5.46.